The Labute approximate surface area is 89.6 Å². The Hall–Kier alpha value is 1.76. The van der Waals surface area contributed by atoms with Gasteiger partial charge in [-0.1, -0.05) is 0 Å². The van der Waals surface area contributed by atoms with Crippen LogP contribution in [0.2, 0.25) is 0 Å². The highest BCUT2D eigenvalue weighted by molar-refractivity contribution is 8.59. The molecule has 0 aliphatic carbocycles. The molecule has 0 amide bonds. The molecule has 78 valence electrons. The summed E-state index contributed by atoms with van der Waals surface area (Å²) in [6.07, 6.45) is 0. The maximum atomic E-state index is 7.56. The summed E-state index contributed by atoms with van der Waals surface area (Å²) >= 11 is 13.7. The van der Waals surface area contributed by atoms with E-state index in [0.717, 1.165) is 0 Å². The van der Waals surface area contributed by atoms with Gasteiger partial charge in [0, 0.05) is 0 Å². The number of thiol groups is 2. The topological polar surface area (TPSA) is 121 Å². The van der Waals surface area contributed by atoms with Crippen molar-refractivity contribution in [1.82, 2.24) is 0 Å². The van der Waals surface area contributed by atoms with Gasteiger partial charge in [-0.15, -0.1) is 23.3 Å². The van der Waals surface area contributed by atoms with E-state index in [0.29, 0.717) is 0 Å². The first-order chi connectivity index (χ1) is 5.00. The summed E-state index contributed by atoms with van der Waals surface area (Å²) in [6, 6.07) is 0. The van der Waals surface area contributed by atoms with E-state index < -0.39 is 13.4 Å². The molecule has 12 heavy (non-hydrogen) atoms. The monoisotopic (exact) mass is 294 g/mol. The van der Waals surface area contributed by atoms with Crippen LogP contribution >= 0.6 is 36.8 Å². The number of hydrogen-bond acceptors (Lipinski definition) is 4. The zero-order valence-corrected chi connectivity index (χ0v) is 10.5. The highest BCUT2D eigenvalue weighted by atomic mass is 33.1. The molecule has 6 N–H and O–H groups in total. The van der Waals surface area contributed by atoms with Crippen LogP contribution in [0.25, 0.3) is 0 Å². The molecule has 0 aromatic heterocycles. The van der Waals surface area contributed by atoms with E-state index in [1.807, 2.05) is 0 Å². The third-order valence-electron chi connectivity index (χ3n) is 0. The van der Waals surface area contributed by atoms with Gasteiger partial charge < -0.3 is 29.4 Å². The van der Waals surface area contributed by atoms with Gasteiger partial charge in [0.25, 0.3) is 0 Å². The van der Waals surface area contributed by atoms with Crippen molar-refractivity contribution in [1.29, 1.82) is 0 Å². The molecule has 0 spiro atoms. The second-order valence-electron chi connectivity index (χ2n) is 1.03. The second kappa shape index (κ2) is 9.32. The fraction of sp³-hybridized carbons (Fsp3) is 0. The number of rotatable bonds is 0. The Kier molecular flexibility index (Phi) is 15.0. The molecular formula is H8O6P2S4. The van der Waals surface area contributed by atoms with Crippen LogP contribution < -0.4 is 0 Å². The first-order valence-corrected chi connectivity index (χ1v) is 8.69. The lowest BCUT2D eigenvalue weighted by atomic mass is 15.8. The maximum absolute atomic E-state index is 7.56. The molecule has 6 nitrogen and oxygen atoms in total. The van der Waals surface area contributed by atoms with Crippen LogP contribution in [0.1, 0.15) is 0 Å². The molecular weight excluding hydrogens is 286 g/mol. The highest BCUT2D eigenvalue weighted by Gasteiger charge is 1.92. The van der Waals surface area contributed by atoms with E-state index in [4.69, 9.17) is 29.4 Å². The van der Waals surface area contributed by atoms with Gasteiger partial charge >= 0.3 is 13.4 Å². The summed E-state index contributed by atoms with van der Waals surface area (Å²) in [5.74, 6) is 0. The van der Waals surface area contributed by atoms with Crippen LogP contribution in [-0.4, -0.2) is 29.4 Å². The molecule has 0 rings (SSSR count). The molecule has 0 saturated carbocycles. The summed E-state index contributed by atoms with van der Waals surface area (Å²) in [5, 5.41) is 0. The fourth-order valence-electron chi connectivity index (χ4n) is 0. The molecule has 0 aromatic carbocycles. The minimum Gasteiger partial charge on any atom is -0.325 e. The summed E-state index contributed by atoms with van der Waals surface area (Å²) in [4.78, 5) is 45.3. The minimum atomic E-state index is -3.81. The summed E-state index contributed by atoms with van der Waals surface area (Å²) in [6.45, 7) is -7.61. The van der Waals surface area contributed by atoms with Crippen molar-refractivity contribution in [3.8, 4) is 0 Å². The van der Waals surface area contributed by atoms with Crippen molar-refractivity contribution in [2.24, 2.45) is 0 Å². The molecule has 0 atom stereocenters. The molecule has 0 fully saturated rings. The van der Waals surface area contributed by atoms with Crippen LogP contribution in [-0.2, 0) is 23.6 Å². The molecule has 0 saturated heterocycles. The minimum absolute atomic E-state index is 3.22. The largest absolute Gasteiger partial charge is 0.325 e. The van der Waals surface area contributed by atoms with Crippen molar-refractivity contribution in [2.45, 2.75) is 0 Å². The van der Waals surface area contributed by atoms with Gasteiger partial charge in [0.2, 0.25) is 0 Å². The average molecular weight is 294 g/mol. The summed E-state index contributed by atoms with van der Waals surface area (Å²) in [5.41, 5.74) is 0. The second-order valence-corrected chi connectivity index (χ2v) is 6.02. The van der Waals surface area contributed by atoms with Crippen molar-refractivity contribution in [3.05, 3.63) is 0 Å². The van der Waals surface area contributed by atoms with Gasteiger partial charge in [0.1, 0.15) is 0 Å². The quantitative estimate of drug-likeness (QED) is 0.165. The molecule has 0 heterocycles. The Morgan fingerprint density at radius 3 is 0.667 bits per heavy atom. The third-order valence-corrected chi connectivity index (χ3v) is 0. The molecule has 0 bridgehead atoms. The van der Waals surface area contributed by atoms with Crippen LogP contribution in [0, 0.1) is 0 Å². The van der Waals surface area contributed by atoms with Gasteiger partial charge in [0.05, 0.1) is 0 Å². The molecule has 0 aromatic rings. The molecule has 12 heteroatoms. The Bertz CT molecular complexity index is 130. The van der Waals surface area contributed by atoms with Crippen molar-refractivity contribution < 1.29 is 29.4 Å². The van der Waals surface area contributed by atoms with Crippen LogP contribution in [0.3, 0.4) is 0 Å². The van der Waals surface area contributed by atoms with Gasteiger partial charge in [0.15, 0.2) is 0 Å². The van der Waals surface area contributed by atoms with Crippen molar-refractivity contribution >= 4 is 60.4 Å². The van der Waals surface area contributed by atoms with Gasteiger partial charge in [-0.2, -0.15) is 0 Å². The Morgan fingerprint density at radius 2 is 0.667 bits per heavy atom. The van der Waals surface area contributed by atoms with E-state index in [-0.39, 0.29) is 0 Å². The van der Waals surface area contributed by atoms with Crippen LogP contribution in [0.15, 0.2) is 0 Å². The Balaban J connectivity index is -0.000000112. The summed E-state index contributed by atoms with van der Waals surface area (Å²) in [7, 11) is 0. The molecule has 0 unspecified atom stereocenters. The zero-order chi connectivity index (χ0) is 11.0. The first-order valence-electron chi connectivity index (χ1n) is 1.77. The third kappa shape index (κ3) is 440. The highest BCUT2D eigenvalue weighted by Crippen LogP contribution is 2.26. The Morgan fingerprint density at radius 1 is 0.667 bits per heavy atom. The maximum Gasteiger partial charge on any atom is 0.319 e. The van der Waals surface area contributed by atoms with E-state index >= 15 is 0 Å². The standard InChI is InChI=1S/2H3O3PS.H2S2/c2*1-4(2,3)5;1-2/h2*(H3,1,2,3,5);1-2H. The zero-order valence-electron chi connectivity index (χ0n) is 5.29. The van der Waals surface area contributed by atoms with Crippen molar-refractivity contribution in [3.63, 3.8) is 0 Å². The molecule has 0 aliphatic rings. The van der Waals surface area contributed by atoms with E-state index in [9.17, 15) is 0 Å². The number of hydrogen-bond donors (Lipinski definition) is 8. The lowest BCUT2D eigenvalue weighted by Gasteiger charge is -1.88. The fourth-order valence-corrected chi connectivity index (χ4v) is 0. The molecule has 0 radical (unpaired) electrons. The van der Waals surface area contributed by atoms with Crippen LogP contribution in [0.4, 0.5) is 0 Å². The van der Waals surface area contributed by atoms with E-state index in [2.05, 4.69) is 46.9 Å². The predicted molar refractivity (Wildman–Crippen MR) is 59.9 cm³/mol. The average Bonchev–Trinajstić information content (AvgIpc) is 1.59. The lowest BCUT2D eigenvalue weighted by Crippen LogP contribution is -1.65. The van der Waals surface area contributed by atoms with E-state index in [1.54, 1.807) is 0 Å². The smallest absolute Gasteiger partial charge is 0.319 e. The van der Waals surface area contributed by atoms with Crippen molar-refractivity contribution in [2.75, 3.05) is 0 Å². The van der Waals surface area contributed by atoms with Gasteiger partial charge in [-0.05, 0) is 23.6 Å². The van der Waals surface area contributed by atoms with Crippen LogP contribution in [0.5, 0.6) is 0 Å². The lowest BCUT2D eigenvalue weighted by molar-refractivity contribution is 0.361. The molecule has 0 aliphatic heterocycles. The first kappa shape index (κ1) is 19.4. The van der Waals surface area contributed by atoms with Gasteiger partial charge in [-0.25, -0.2) is 0 Å². The normalized spacial score (nSPS) is 10.3. The predicted octanol–water partition coefficient (Wildman–Crippen LogP) is -0.863. The van der Waals surface area contributed by atoms with E-state index in [1.165, 1.54) is 0 Å². The SMILES string of the molecule is OP(O)(O)=S.OP(O)(O)=S.SS. The van der Waals surface area contributed by atoms with Gasteiger partial charge in [-0.3, -0.25) is 0 Å². The summed E-state index contributed by atoms with van der Waals surface area (Å²) < 4.78 is 0.